The van der Waals surface area contributed by atoms with Crippen LogP contribution in [0.3, 0.4) is 0 Å². The number of aromatic nitrogens is 2. The van der Waals surface area contributed by atoms with Crippen molar-refractivity contribution in [2.24, 2.45) is 0 Å². The van der Waals surface area contributed by atoms with E-state index >= 15 is 0 Å². The second-order valence-electron chi connectivity index (χ2n) is 9.93. The number of amides is 2. The van der Waals surface area contributed by atoms with Gasteiger partial charge < -0.3 is 15.1 Å². The predicted octanol–water partition coefficient (Wildman–Crippen LogP) is 3.49. The number of nitrogens with zero attached hydrogens (tertiary/aromatic N) is 4. The Bertz CT molecular complexity index is 1320. The van der Waals surface area contributed by atoms with Gasteiger partial charge in [-0.3, -0.25) is 19.0 Å². The van der Waals surface area contributed by atoms with Crippen molar-refractivity contribution in [2.45, 2.75) is 58.5 Å². The van der Waals surface area contributed by atoms with E-state index in [4.69, 9.17) is 0 Å². The number of hydrogen-bond donors (Lipinski definition) is 1. The zero-order valence-corrected chi connectivity index (χ0v) is 21.8. The van der Waals surface area contributed by atoms with E-state index in [1.807, 2.05) is 11.8 Å². The first kappa shape index (κ1) is 24.5. The summed E-state index contributed by atoms with van der Waals surface area (Å²) in [4.78, 5) is 48.9. The molecule has 190 valence electrons. The Morgan fingerprint density at radius 1 is 1.03 bits per heavy atom. The van der Waals surface area contributed by atoms with Crippen LogP contribution in [0.25, 0.3) is 10.2 Å². The van der Waals surface area contributed by atoms with Gasteiger partial charge in [0.25, 0.3) is 11.5 Å². The Morgan fingerprint density at radius 2 is 1.72 bits per heavy atom. The van der Waals surface area contributed by atoms with E-state index in [-0.39, 0.29) is 30.0 Å². The number of nitrogens with one attached hydrogen (secondary N) is 1. The molecule has 3 heterocycles. The first-order valence-electron chi connectivity index (χ1n) is 12.8. The van der Waals surface area contributed by atoms with Crippen LogP contribution in [-0.4, -0.2) is 58.5 Å². The molecule has 0 spiro atoms. The molecule has 0 unspecified atom stereocenters. The maximum atomic E-state index is 13.4. The Hall–Kier alpha value is -3.20. The molecule has 3 aromatic rings. The van der Waals surface area contributed by atoms with E-state index in [0.717, 1.165) is 38.8 Å². The first-order chi connectivity index (χ1) is 17.4. The van der Waals surface area contributed by atoms with Crippen LogP contribution >= 0.6 is 11.3 Å². The minimum atomic E-state index is -0.268. The highest BCUT2D eigenvalue weighted by atomic mass is 32.1. The fourth-order valence-electron chi connectivity index (χ4n) is 5.22. The molecule has 2 amide bonds. The second kappa shape index (κ2) is 10.4. The summed E-state index contributed by atoms with van der Waals surface area (Å²) in [5.41, 5.74) is 2.78. The molecule has 2 aromatic heterocycles. The van der Waals surface area contributed by atoms with Crippen LogP contribution in [0.2, 0.25) is 0 Å². The molecular formula is C27H33N5O3S. The van der Waals surface area contributed by atoms with E-state index in [1.54, 1.807) is 0 Å². The topological polar surface area (TPSA) is 87.5 Å². The molecular weight excluding hydrogens is 474 g/mol. The number of hydrogen-bond acceptors (Lipinski definition) is 6. The summed E-state index contributed by atoms with van der Waals surface area (Å²) in [6.07, 6.45) is 6.89. The molecule has 9 heteroatoms. The van der Waals surface area contributed by atoms with Crippen LogP contribution in [-0.2, 0) is 11.3 Å². The van der Waals surface area contributed by atoms with E-state index < -0.39 is 0 Å². The van der Waals surface area contributed by atoms with Gasteiger partial charge in [-0.05, 0) is 44.4 Å². The monoisotopic (exact) mass is 507 g/mol. The summed E-state index contributed by atoms with van der Waals surface area (Å²) in [6, 6.07) is 8.64. The van der Waals surface area contributed by atoms with Crippen molar-refractivity contribution in [1.29, 1.82) is 0 Å². The molecule has 1 aliphatic heterocycles. The summed E-state index contributed by atoms with van der Waals surface area (Å²) in [7, 11) is 0. The molecule has 8 nitrogen and oxygen atoms in total. The molecule has 5 rings (SSSR count). The van der Waals surface area contributed by atoms with Crippen LogP contribution in [0.5, 0.6) is 0 Å². The average Bonchev–Trinajstić information content (AvgIpc) is 3.23. The van der Waals surface area contributed by atoms with E-state index in [9.17, 15) is 14.4 Å². The highest BCUT2D eigenvalue weighted by Gasteiger charge is 2.27. The van der Waals surface area contributed by atoms with E-state index in [2.05, 4.69) is 46.4 Å². The van der Waals surface area contributed by atoms with Crippen molar-refractivity contribution < 1.29 is 9.59 Å². The van der Waals surface area contributed by atoms with Crippen molar-refractivity contribution in [3.63, 3.8) is 0 Å². The third-order valence-electron chi connectivity index (χ3n) is 7.36. The lowest BCUT2D eigenvalue weighted by Crippen LogP contribution is -2.48. The predicted molar refractivity (Wildman–Crippen MR) is 143 cm³/mol. The standard InChI is InChI=1S/C27H33N5O3S/c1-18-8-10-21(11-9-18)30-12-14-31(15-13-30)27(35)24-19(2)23-25(36-24)28-17-32(26(23)34)16-22(33)29-20-6-4-3-5-7-20/h8-11,17,20H,3-7,12-16H2,1-2H3,(H,29,33). The van der Waals surface area contributed by atoms with Gasteiger partial charge in [0.15, 0.2) is 0 Å². The molecule has 1 N–H and O–H groups in total. The maximum Gasteiger partial charge on any atom is 0.264 e. The zero-order valence-electron chi connectivity index (χ0n) is 21.0. The van der Waals surface area contributed by atoms with Crippen molar-refractivity contribution in [3.8, 4) is 0 Å². The maximum absolute atomic E-state index is 13.4. The SMILES string of the molecule is Cc1ccc(N2CCN(C(=O)c3sc4ncn(CC(=O)NC5CCCCC5)c(=O)c4c3C)CC2)cc1. The number of aryl methyl sites for hydroxylation is 2. The fraction of sp³-hybridized carbons (Fsp3) is 0.481. The molecule has 0 atom stereocenters. The molecule has 2 aliphatic rings. The molecule has 36 heavy (non-hydrogen) atoms. The lowest BCUT2D eigenvalue weighted by molar-refractivity contribution is -0.122. The number of carbonyl (C=O) groups is 2. The number of anilines is 1. The first-order valence-corrected chi connectivity index (χ1v) is 13.6. The van der Waals surface area contributed by atoms with Crippen LogP contribution in [0.1, 0.15) is 52.9 Å². The molecule has 1 aliphatic carbocycles. The largest absolute Gasteiger partial charge is 0.368 e. The Balaban J connectivity index is 1.28. The van der Waals surface area contributed by atoms with E-state index in [0.29, 0.717) is 33.7 Å². The Labute approximate surface area is 214 Å². The van der Waals surface area contributed by atoms with Gasteiger partial charge in [-0.25, -0.2) is 4.98 Å². The second-order valence-corrected chi connectivity index (χ2v) is 10.9. The van der Waals surface area contributed by atoms with Crippen molar-refractivity contribution in [1.82, 2.24) is 19.8 Å². The van der Waals surface area contributed by atoms with Gasteiger partial charge in [0.05, 0.1) is 16.6 Å². The minimum Gasteiger partial charge on any atom is -0.368 e. The number of benzene rings is 1. The van der Waals surface area contributed by atoms with Crippen molar-refractivity contribution in [3.05, 3.63) is 57.0 Å². The molecule has 0 radical (unpaired) electrons. The molecule has 2 fully saturated rings. The van der Waals surface area contributed by atoms with Gasteiger partial charge >= 0.3 is 0 Å². The van der Waals surface area contributed by atoms with Gasteiger partial charge in [0.2, 0.25) is 5.91 Å². The summed E-state index contributed by atoms with van der Waals surface area (Å²) in [5, 5.41) is 3.49. The summed E-state index contributed by atoms with van der Waals surface area (Å²) in [5.74, 6) is -0.221. The normalized spacial score (nSPS) is 16.9. The van der Waals surface area contributed by atoms with Crippen LogP contribution < -0.4 is 15.8 Å². The molecule has 1 saturated heterocycles. The molecule has 1 saturated carbocycles. The molecule has 0 bridgehead atoms. The number of piperazine rings is 1. The van der Waals surface area contributed by atoms with Crippen molar-refractivity contribution >= 4 is 39.1 Å². The van der Waals surface area contributed by atoms with Crippen LogP contribution in [0.4, 0.5) is 5.69 Å². The number of fused-ring (bicyclic) bond motifs is 1. The van der Waals surface area contributed by atoms with Crippen molar-refractivity contribution in [2.75, 3.05) is 31.1 Å². The summed E-state index contributed by atoms with van der Waals surface area (Å²) < 4.78 is 1.36. The van der Waals surface area contributed by atoms with Gasteiger partial charge in [-0.1, -0.05) is 37.0 Å². The number of thiophene rings is 1. The van der Waals surface area contributed by atoms with Crippen LogP contribution in [0, 0.1) is 13.8 Å². The lowest BCUT2D eigenvalue weighted by atomic mass is 9.95. The minimum absolute atomic E-state index is 0.0555. The number of carbonyl (C=O) groups excluding carboxylic acids is 2. The average molecular weight is 508 g/mol. The number of rotatable bonds is 5. The quantitative estimate of drug-likeness (QED) is 0.571. The van der Waals surface area contributed by atoms with Gasteiger partial charge in [-0.2, -0.15) is 0 Å². The van der Waals surface area contributed by atoms with E-state index in [1.165, 1.54) is 39.9 Å². The zero-order chi connectivity index (χ0) is 25.2. The highest BCUT2D eigenvalue weighted by Crippen LogP contribution is 2.29. The van der Waals surface area contributed by atoms with Gasteiger partial charge in [0.1, 0.15) is 11.4 Å². The third-order valence-corrected chi connectivity index (χ3v) is 8.55. The summed E-state index contributed by atoms with van der Waals surface area (Å²) in [6.45, 7) is 6.60. The fourth-order valence-corrected chi connectivity index (χ4v) is 6.32. The smallest absolute Gasteiger partial charge is 0.264 e. The lowest BCUT2D eigenvalue weighted by Gasteiger charge is -2.36. The van der Waals surface area contributed by atoms with Crippen LogP contribution in [0.15, 0.2) is 35.4 Å². The molecule has 1 aromatic carbocycles. The Kier molecular flexibility index (Phi) is 7.09. The van der Waals surface area contributed by atoms with Gasteiger partial charge in [0, 0.05) is 37.9 Å². The highest BCUT2D eigenvalue weighted by molar-refractivity contribution is 7.20. The van der Waals surface area contributed by atoms with Gasteiger partial charge in [-0.15, -0.1) is 11.3 Å². The Morgan fingerprint density at radius 3 is 2.42 bits per heavy atom. The third kappa shape index (κ3) is 5.02. The summed E-state index contributed by atoms with van der Waals surface area (Å²) >= 11 is 1.26.